The largest absolute Gasteiger partial charge is 0.508 e. The molecule has 1 atom stereocenters. The Balaban J connectivity index is 1.62. The molecule has 0 bridgehead atoms. The van der Waals surface area contributed by atoms with Crippen LogP contribution in [0.1, 0.15) is 39.4 Å². The van der Waals surface area contributed by atoms with Crippen molar-refractivity contribution in [3.05, 3.63) is 89.1 Å². The molecule has 1 unspecified atom stereocenters. The number of carbonyl (C=O) groups excluding carboxylic acids is 1. The van der Waals surface area contributed by atoms with Gasteiger partial charge in [0.1, 0.15) is 17.2 Å². The number of pyridine rings is 1. The molecular formula is C27H22N2O6. The summed E-state index contributed by atoms with van der Waals surface area (Å²) < 4.78 is 13.3. The zero-order chi connectivity index (χ0) is 24.7. The van der Waals surface area contributed by atoms with Crippen molar-refractivity contribution in [1.82, 2.24) is 9.55 Å². The molecule has 0 spiro atoms. The standard InChI is InChI=1S/C27H22N2O6/c1-29-14-16(19-11-17(34-2)5-7-21(19)29)10-23-26(33)18-6-8-22(30)25(27(18)35-23)20(12-24(31)32)15-4-3-9-28-13-15/h3-11,13-14,20,30H,12H2,1-2H3,(H,31,32)/b23-10-. The Morgan fingerprint density at radius 3 is 2.80 bits per heavy atom. The van der Waals surface area contributed by atoms with Gasteiger partial charge >= 0.3 is 5.97 Å². The molecule has 3 heterocycles. The van der Waals surface area contributed by atoms with Gasteiger partial charge in [-0.1, -0.05) is 6.07 Å². The molecule has 8 heteroatoms. The third-order valence-electron chi connectivity index (χ3n) is 6.18. The van der Waals surface area contributed by atoms with E-state index in [0.717, 1.165) is 16.5 Å². The van der Waals surface area contributed by atoms with Crippen LogP contribution in [0.5, 0.6) is 17.2 Å². The Kier molecular flexibility index (Phi) is 5.49. The molecule has 4 aromatic rings. The number of rotatable bonds is 6. The molecule has 0 aliphatic carbocycles. The predicted octanol–water partition coefficient (Wildman–Crippen LogP) is 4.51. The number of ketones is 1. The van der Waals surface area contributed by atoms with Gasteiger partial charge in [0.15, 0.2) is 5.76 Å². The zero-order valence-electron chi connectivity index (χ0n) is 19.1. The number of carboxylic acid groups (broad SMARTS) is 1. The summed E-state index contributed by atoms with van der Waals surface area (Å²) in [6.07, 6.45) is 6.36. The van der Waals surface area contributed by atoms with Crippen LogP contribution in [-0.2, 0) is 11.8 Å². The van der Waals surface area contributed by atoms with E-state index in [1.165, 1.54) is 12.1 Å². The summed E-state index contributed by atoms with van der Waals surface area (Å²) in [4.78, 5) is 29.0. The highest BCUT2D eigenvalue weighted by Gasteiger charge is 2.35. The highest BCUT2D eigenvalue weighted by Crippen LogP contribution is 2.46. The number of phenols is 1. The van der Waals surface area contributed by atoms with Gasteiger partial charge in [0.25, 0.3) is 0 Å². The van der Waals surface area contributed by atoms with Gasteiger partial charge in [-0.3, -0.25) is 14.6 Å². The minimum atomic E-state index is -1.05. The molecule has 2 N–H and O–H groups in total. The number of aromatic nitrogens is 2. The topological polar surface area (TPSA) is 111 Å². The Hall–Kier alpha value is -4.59. The van der Waals surface area contributed by atoms with Gasteiger partial charge in [0.2, 0.25) is 5.78 Å². The number of benzene rings is 2. The van der Waals surface area contributed by atoms with Crippen LogP contribution >= 0.6 is 0 Å². The Morgan fingerprint density at radius 2 is 2.09 bits per heavy atom. The Labute approximate surface area is 200 Å². The van der Waals surface area contributed by atoms with E-state index in [1.54, 1.807) is 37.7 Å². The van der Waals surface area contributed by atoms with E-state index >= 15 is 0 Å². The van der Waals surface area contributed by atoms with Crippen molar-refractivity contribution in [1.29, 1.82) is 0 Å². The average molecular weight is 470 g/mol. The van der Waals surface area contributed by atoms with Gasteiger partial charge in [-0.05, 0) is 48.0 Å². The van der Waals surface area contributed by atoms with Crippen molar-refractivity contribution in [2.45, 2.75) is 12.3 Å². The van der Waals surface area contributed by atoms with Gasteiger partial charge < -0.3 is 24.3 Å². The molecule has 0 saturated heterocycles. The van der Waals surface area contributed by atoms with Crippen LogP contribution in [0.25, 0.3) is 17.0 Å². The van der Waals surface area contributed by atoms with E-state index in [-0.39, 0.29) is 40.6 Å². The van der Waals surface area contributed by atoms with Crippen LogP contribution < -0.4 is 9.47 Å². The maximum atomic E-state index is 13.3. The molecule has 0 radical (unpaired) electrons. The molecule has 5 rings (SSSR count). The number of allylic oxidation sites excluding steroid dienone is 1. The fraction of sp³-hybridized carbons (Fsp3) is 0.148. The van der Waals surface area contributed by atoms with Crippen LogP contribution in [0.4, 0.5) is 0 Å². The second-order valence-corrected chi connectivity index (χ2v) is 8.33. The van der Waals surface area contributed by atoms with Crippen molar-refractivity contribution in [3.63, 3.8) is 0 Å². The van der Waals surface area contributed by atoms with E-state index in [4.69, 9.17) is 9.47 Å². The molecule has 8 nitrogen and oxygen atoms in total. The summed E-state index contributed by atoms with van der Waals surface area (Å²) in [6.45, 7) is 0. The number of hydrogen-bond acceptors (Lipinski definition) is 6. The van der Waals surface area contributed by atoms with Crippen molar-refractivity contribution < 1.29 is 29.3 Å². The lowest BCUT2D eigenvalue weighted by atomic mass is 9.87. The van der Waals surface area contributed by atoms with Crippen molar-refractivity contribution in [2.75, 3.05) is 7.11 Å². The van der Waals surface area contributed by atoms with Crippen LogP contribution in [-0.4, -0.2) is 38.6 Å². The lowest BCUT2D eigenvalue weighted by molar-refractivity contribution is -0.137. The first-order chi connectivity index (χ1) is 16.9. The normalized spacial score (nSPS) is 14.7. The van der Waals surface area contributed by atoms with Gasteiger partial charge in [-0.15, -0.1) is 0 Å². The van der Waals surface area contributed by atoms with Gasteiger partial charge in [0, 0.05) is 53.6 Å². The number of fused-ring (bicyclic) bond motifs is 2. The van der Waals surface area contributed by atoms with Crippen LogP contribution in [0.2, 0.25) is 0 Å². The summed E-state index contributed by atoms with van der Waals surface area (Å²) in [5, 5.41) is 21.2. The van der Waals surface area contributed by atoms with Gasteiger partial charge in [-0.2, -0.15) is 0 Å². The number of ether oxygens (including phenoxy) is 2. The number of aliphatic carboxylic acids is 1. The first kappa shape index (κ1) is 22.2. The molecule has 0 saturated carbocycles. The second kappa shape index (κ2) is 8.64. The molecule has 176 valence electrons. The number of methoxy groups -OCH3 is 1. The minimum Gasteiger partial charge on any atom is -0.508 e. The first-order valence-electron chi connectivity index (χ1n) is 10.9. The fourth-order valence-corrected chi connectivity index (χ4v) is 4.53. The van der Waals surface area contributed by atoms with E-state index in [0.29, 0.717) is 11.3 Å². The molecule has 35 heavy (non-hydrogen) atoms. The number of nitrogens with zero attached hydrogens (tertiary/aromatic N) is 2. The smallest absolute Gasteiger partial charge is 0.304 e. The van der Waals surface area contributed by atoms with E-state index < -0.39 is 11.9 Å². The molecule has 0 fully saturated rings. The van der Waals surface area contributed by atoms with Crippen LogP contribution in [0.15, 0.2) is 66.8 Å². The maximum Gasteiger partial charge on any atom is 0.304 e. The molecule has 2 aromatic carbocycles. The van der Waals surface area contributed by atoms with E-state index in [2.05, 4.69) is 4.98 Å². The van der Waals surface area contributed by atoms with Crippen molar-refractivity contribution >= 4 is 28.7 Å². The third kappa shape index (κ3) is 3.89. The number of hydrogen-bond donors (Lipinski definition) is 2. The molecule has 0 amide bonds. The summed E-state index contributed by atoms with van der Waals surface area (Å²) in [5.74, 6) is -1.38. The molecule has 1 aliphatic heterocycles. The second-order valence-electron chi connectivity index (χ2n) is 8.33. The van der Waals surface area contributed by atoms with Gasteiger partial charge in [-0.25, -0.2) is 0 Å². The van der Waals surface area contributed by atoms with E-state index in [9.17, 15) is 19.8 Å². The SMILES string of the molecule is COc1ccc2c(c1)c(/C=C1\Oc3c(ccc(O)c3C(CC(=O)O)c3cccnc3)C1=O)cn2C. The summed E-state index contributed by atoms with van der Waals surface area (Å²) >= 11 is 0. The Bertz CT molecular complexity index is 1500. The number of phenolic OH excluding ortho intramolecular Hbond substituents is 1. The summed E-state index contributed by atoms with van der Waals surface area (Å²) in [5.41, 5.74) is 2.82. The van der Waals surface area contributed by atoms with Crippen molar-refractivity contribution in [2.24, 2.45) is 7.05 Å². The quantitative estimate of drug-likeness (QED) is 0.399. The highest BCUT2D eigenvalue weighted by atomic mass is 16.5. The number of carboxylic acids is 1. The summed E-state index contributed by atoms with van der Waals surface area (Å²) in [6, 6.07) is 12.0. The lowest BCUT2D eigenvalue weighted by Gasteiger charge is -2.19. The lowest BCUT2D eigenvalue weighted by Crippen LogP contribution is -2.10. The molecule has 1 aliphatic rings. The van der Waals surface area contributed by atoms with E-state index in [1.807, 2.05) is 36.0 Å². The maximum absolute atomic E-state index is 13.3. The van der Waals surface area contributed by atoms with Crippen LogP contribution in [0.3, 0.4) is 0 Å². The van der Waals surface area contributed by atoms with Gasteiger partial charge in [0.05, 0.1) is 19.1 Å². The van der Waals surface area contributed by atoms with Crippen molar-refractivity contribution in [3.8, 4) is 17.2 Å². The average Bonchev–Trinajstić information content (AvgIpc) is 3.34. The molecular weight excluding hydrogens is 448 g/mol. The Morgan fingerprint density at radius 1 is 1.26 bits per heavy atom. The molecule has 2 aromatic heterocycles. The predicted molar refractivity (Wildman–Crippen MR) is 129 cm³/mol. The zero-order valence-corrected chi connectivity index (χ0v) is 19.1. The summed E-state index contributed by atoms with van der Waals surface area (Å²) in [7, 11) is 3.50. The fourth-order valence-electron chi connectivity index (χ4n) is 4.53. The number of aryl methyl sites for hydroxylation is 1. The monoisotopic (exact) mass is 470 g/mol. The highest BCUT2D eigenvalue weighted by molar-refractivity contribution is 6.15. The van der Waals surface area contributed by atoms with Crippen LogP contribution in [0, 0.1) is 0 Å². The number of aromatic hydroxyl groups is 1. The number of carbonyl (C=O) groups is 2. The number of Topliss-reactive ketones (excluding diaryl/α,β-unsaturated/α-hetero) is 1. The first-order valence-corrected chi connectivity index (χ1v) is 10.9. The third-order valence-corrected chi connectivity index (χ3v) is 6.18. The minimum absolute atomic E-state index is 0.0856.